The molecule has 2 bridgehead atoms. The molecule has 1 aromatic carbocycles. The number of nitrogens with zero attached hydrogens (tertiary/aromatic N) is 2. The number of rotatable bonds is 6. The highest BCUT2D eigenvalue weighted by Gasteiger charge is 2.49. The summed E-state index contributed by atoms with van der Waals surface area (Å²) < 4.78 is 32.5. The summed E-state index contributed by atoms with van der Waals surface area (Å²) in [6.07, 6.45) is 6.67. The third kappa shape index (κ3) is 4.34. The second kappa shape index (κ2) is 8.87. The van der Waals surface area contributed by atoms with E-state index in [0.717, 1.165) is 48.9 Å². The lowest BCUT2D eigenvalue weighted by atomic mass is 9.69. The highest BCUT2D eigenvalue weighted by molar-refractivity contribution is 6.32. The van der Waals surface area contributed by atoms with Crippen molar-refractivity contribution in [3.05, 3.63) is 58.1 Å². The number of fused-ring (bicyclic) bond motifs is 5. The van der Waals surface area contributed by atoms with E-state index in [4.69, 9.17) is 25.8 Å². The van der Waals surface area contributed by atoms with Crippen LogP contribution in [0.2, 0.25) is 5.02 Å². The van der Waals surface area contributed by atoms with E-state index in [2.05, 4.69) is 15.3 Å². The van der Waals surface area contributed by atoms with Crippen molar-refractivity contribution >= 4 is 22.6 Å². The molecule has 3 aromatic rings. The Hall–Kier alpha value is -2.48. The summed E-state index contributed by atoms with van der Waals surface area (Å²) in [7, 11) is 0. The number of pyridine rings is 2. The Morgan fingerprint density at radius 2 is 1.94 bits per heavy atom. The van der Waals surface area contributed by atoms with Gasteiger partial charge >= 0.3 is 0 Å². The van der Waals surface area contributed by atoms with Gasteiger partial charge in [0.15, 0.2) is 11.5 Å². The Labute approximate surface area is 209 Å². The van der Waals surface area contributed by atoms with Crippen molar-refractivity contribution in [3.8, 4) is 11.5 Å². The summed E-state index contributed by atoms with van der Waals surface area (Å²) in [5.74, 6) is 1.06. The maximum absolute atomic E-state index is 14.7. The average molecular weight is 498 g/mol. The molecule has 0 amide bonds. The first-order valence-corrected chi connectivity index (χ1v) is 12.7. The molecule has 7 rings (SSSR count). The van der Waals surface area contributed by atoms with Gasteiger partial charge in [-0.1, -0.05) is 11.6 Å². The minimum Gasteiger partial charge on any atom is -0.486 e. The summed E-state index contributed by atoms with van der Waals surface area (Å²) in [5.41, 5.74) is 3.74. The zero-order valence-corrected chi connectivity index (χ0v) is 20.6. The molecular formula is C27H29ClFN3O3. The third-order valence-corrected chi connectivity index (χ3v) is 8.11. The van der Waals surface area contributed by atoms with Crippen LogP contribution in [-0.2, 0) is 17.7 Å². The van der Waals surface area contributed by atoms with Gasteiger partial charge in [-0.15, -0.1) is 0 Å². The second-order valence-electron chi connectivity index (χ2n) is 10.1. The largest absolute Gasteiger partial charge is 0.486 e. The number of halogens is 2. The maximum atomic E-state index is 14.7. The highest BCUT2D eigenvalue weighted by Crippen LogP contribution is 2.46. The molecule has 0 unspecified atom stereocenters. The minimum atomic E-state index is -0.285. The smallest absolute Gasteiger partial charge is 0.179 e. The van der Waals surface area contributed by atoms with E-state index in [1.807, 2.05) is 31.2 Å². The van der Waals surface area contributed by atoms with E-state index >= 15 is 0 Å². The van der Waals surface area contributed by atoms with Gasteiger partial charge < -0.3 is 19.5 Å². The van der Waals surface area contributed by atoms with Gasteiger partial charge in [0.1, 0.15) is 19.0 Å². The third-order valence-electron chi connectivity index (χ3n) is 7.83. The van der Waals surface area contributed by atoms with Crippen LogP contribution in [0.1, 0.15) is 48.9 Å². The fourth-order valence-electron chi connectivity index (χ4n) is 5.65. The summed E-state index contributed by atoms with van der Waals surface area (Å²) in [6.45, 7) is 4.32. The average Bonchev–Trinajstić information content (AvgIpc) is 2.88. The predicted molar refractivity (Wildman–Crippen MR) is 132 cm³/mol. The van der Waals surface area contributed by atoms with E-state index in [-0.39, 0.29) is 17.0 Å². The molecule has 8 heteroatoms. The van der Waals surface area contributed by atoms with Gasteiger partial charge in [0, 0.05) is 23.3 Å². The Morgan fingerprint density at radius 1 is 1.11 bits per heavy atom. The zero-order valence-electron chi connectivity index (χ0n) is 19.8. The molecule has 0 spiro atoms. The van der Waals surface area contributed by atoms with Gasteiger partial charge in [-0.05, 0) is 75.3 Å². The predicted octanol–water partition coefficient (Wildman–Crippen LogP) is 5.31. The topological polar surface area (TPSA) is 65.5 Å². The molecule has 2 saturated heterocycles. The van der Waals surface area contributed by atoms with Crippen molar-refractivity contribution in [3.63, 3.8) is 0 Å². The summed E-state index contributed by atoms with van der Waals surface area (Å²) in [5, 5.41) is 4.33. The van der Waals surface area contributed by atoms with Gasteiger partial charge in [-0.3, -0.25) is 9.97 Å². The van der Waals surface area contributed by atoms with Crippen molar-refractivity contribution in [2.45, 2.75) is 63.1 Å². The van der Waals surface area contributed by atoms with Crippen LogP contribution in [0.3, 0.4) is 0 Å². The Morgan fingerprint density at radius 3 is 2.74 bits per heavy atom. The molecule has 6 nitrogen and oxygen atoms in total. The summed E-state index contributed by atoms with van der Waals surface area (Å²) >= 11 is 6.41. The first-order valence-electron chi connectivity index (χ1n) is 12.3. The fraction of sp³-hybridized carbons (Fsp3) is 0.481. The number of hydrogen-bond donors (Lipinski definition) is 1. The molecule has 4 aliphatic rings. The number of nitrogens with one attached hydrogen (secondary N) is 1. The lowest BCUT2D eigenvalue weighted by Gasteiger charge is -2.53. The van der Waals surface area contributed by atoms with E-state index in [1.54, 1.807) is 0 Å². The van der Waals surface area contributed by atoms with E-state index in [9.17, 15) is 4.39 Å². The number of aromatic nitrogens is 2. The van der Waals surface area contributed by atoms with Crippen molar-refractivity contribution in [2.75, 3.05) is 19.8 Å². The highest BCUT2D eigenvalue weighted by atomic mass is 35.5. The summed E-state index contributed by atoms with van der Waals surface area (Å²) in [4.78, 5) is 8.78. The van der Waals surface area contributed by atoms with Crippen molar-refractivity contribution in [2.24, 2.45) is 0 Å². The molecular weight excluding hydrogens is 469 g/mol. The van der Waals surface area contributed by atoms with Crippen LogP contribution in [-0.4, -0.2) is 40.9 Å². The molecule has 184 valence electrons. The Balaban J connectivity index is 1.11. The van der Waals surface area contributed by atoms with Crippen LogP contribution in [0.5, 0.6) is 11.5 Å². The molecule has 3 aliphatic heterocycles. The fourth-order valence-corrected chi connectivity index (χ4v) is 5.94. The maximum Gasteiger partial charge on any atom is 0.179 e. The molecule has 2 aromatic heterocycles. The van der Waals surface area contributed by atoms with Crippen LogP contribution >= 0.6 is 11.6 Å². The number of ether oxygens (including phenoxy) is 3. The lowest BCUT2D eigenvalue weighted by Crippen LogP contribution is -2.61. The van der Waals surface area contributed by atoms with Crippen molar-refractivity contribution < 1.29 is 18.6 Å². The number of aryl methyl sites for hydroxylation is 2. The van der Waals surface area contributed by atoms with Crippen LogP contribution in [0.25, 0.3) is 11.0 Å². The standard InChI is InChI=1S/C27H29ClFN3O3/c1-17-2-3-22-24(32-17)19(21(29)15-30-22)4-5-27-8-6-26(7-9-27,16-35-27)31-14-18-12-20(28)25-23(13-18)33-10-11-34-25/h2-3,12-13,15,31H,4-11,14,16H2,1H3. The Bertz CT molecular complexity index is 1250. The van der Waals surface area contributed by atoms with Gasteiger partial charge in [-0.25, -0.2) is 4.39 Å². The van der Waals surface area contributed by atoms with Crippen molar-refractivity contribution in [1.82, 2.24) is 15.3 Å². The van der Waals surface area contributed by atoms with Crippen LogP contribution in [0.4, 0.5) is 4.39 Å². The molecule has 0 atom stereocenters. The number of hydrogen-bond acceptors (Lipinski definition) is 6. The monoisotopic (exact) mass is 497 g/mol. The van der Waals surface area contributed by atoms with Crippen LogP contribution in [0.15, 0.2) is 30.5 Å². The normalized spacial score (nSPS) is 25.2. The van der Waals surface area contributed by atoms with E-state index in [0.29, 0.717) is 60.4 Å². The molecule has 5 heterocycles. The second-order valence-corrected chi connectivity index (χ2v) is 10.5. The van der Waals surface area contributed by atoms with E-state index < -0.39 is 0 Å². The molecule has 0 radical (unpaired) electrons. The van der Waals surface area contributed by atoms with Gasteiger partial charge in [-0.2, -0.15) is 0 Å². The van der Waals surface area contributed by atoms with E-state index in [1.165, 1.54) is 6.20 Å². The first-order chi connectivity index (χ1) is 16.9. The van der Waals surface area contributed by atoms with Gasteiger partial charge in [0.25, 0.3) is 0 Å². The number of benzene rings is 1. The molecule has 3 fully saturated rings. The minimum absolute atomic E-state index is 0.0469. The van der Waals surface area contributed by atoms with Crippen molar-refractivity contribution in [1.29, 1.82) is 0 Å². The lowest BCUT2D eigenvalue weighted by molar-refractivity contribution is -0.165. The molecule has 1 aliphatic carbocycles. The molecule has 35 heavy (non-hydrogen) atoms. The van der Waals surface area contributed by atoms with Crippen LogP contribution < -0.4 is 14.8 Å². The van der Waals surface area contributed by atoms with Gasteiger partial charge in [0.2, 0.25) is 0 Å². The Kier molecular flexibility index (Phi) is 5.82. The molecule has 1 saturated carbocycles. The SMILES string of the molecule is Cc1ccc2ncc(F)c(CCC34CCC(NCc5cc(Cl)c6c(c5)OCCO6)(CC3)CO4)c2n1. The molecule has 1 N–H and O–H groups in total. The summed E-state index contributed by atoms with van der Waals surface area (Å²) in [6, 6.07) is 7.76. The van der Waals surface area contributed by atoms with Gasteiger partial charge in [0.05, 0.1) is 34.5 Å². The zero-order chi connectivity index (χ0) is 24.0. The quantitative estimate of drug-likeness (QED) is 0.498. The first kappa shape index (κ1) is 23.0. The van der Waals surface area contributed by atoms with Crippen LogP contribution in [0, 0.1) is 12.7 Å².